The van der Waals surface area contributed by atoms with Gasteiger partial charge in [-0.3, -0.25) is 5.32 Å². The van der Waals surface area contributed by atoms with Gasteiger partial charge in [0.05, 0.1) is 0 Å². The summed E-state index contributed by atoms with van der Waals surface area (Å²) in [4.78, 5) is 5.17. The fourth-order valence-corrected chi connectivity index (χ4v) is 7.84. The van der Waals surface area contributed by atoms with E-state index in [1.165, 1.54) is 60.8 Å². The van der Waals surface area contributed by atoms with E-state index in [4.69, 9.17) is 4.99 Å². The van der Waals surface area contributed by atoms with Crippen molar-refractivity contribution < 1.29 is 0 Å². The summed E-state index contributed by atoms with van der Waals surface area (Å²) in [5.74, 6) is 0.883. The molecule has 0 radical (unpaired) electrons. The van der Waals surface area contributed by atoms with E-state index in [-0.39, 0.29) is 17.7 Å². The number of hydrogen-bond donors (Lipinski definition) is 2. The van der Waals surface area contributed by atoms with Crippen molar-refractivity contribution in [1.29, 1.82) is 0 Å². The van der Waals surface area contributed by atoms with Crippen LogP contribution in [0.3, 0.4) is 0 Å². The Kier molecular flexibility index (Phi) is 7.03. The molecule has 3 heteroatoms. The van der Waals surface area contributed by atoms with Crippen LogP contribution < -0.4 is 10.6 Å². The Morgan fingerprint density at radius 2 is 1.14 bits per heavy atom. The third kappa shape index (κ3) is 5.06. The highest BCUT2D eigenvalue weighted by Crippen LogP contribution is 2.49. The largest absolute Gasteiger partial charge is 0.350 e. The maximum Gasteiger partial charge on any atom is 0.131 e. The first-order chi connectivity index (χ1) is 24.0. The van der Waals surface area contributed by atoms with Gasteiger partial charge in [-0.05, 0) is 66.9 Å². The maximum atomic E-state index is 5.17. The van der Waals surface area contributed by atoms with Gasteiger partial charge in [0.25, 0.3) is 0 Å². The number of amidine groups is 1. The molecule has 1 aliphatic heterocycles. The minimum atomic E-state index is -0.202. The van der Waals surface area contributed by atoms with Gasteiger partial charge in [-0.25, -0.2) is 4.99 Å². The molecule has 2 atom stereocenters. The highest BCUT2D eigenvalue weighted by Gasteiger charge is 2.35. The summed E-state index contributed by atoms with van der Waals surface area (Å²) in [5, 5.41) is 10.1. The molecule has 7 aromatic rings. The summed E-state index contributed by atoms with van der Waals surface area (Å²) in [6, 6.07) is 59.1. The molecule has 0 saturated heterocycles. The van der Waals surface area contributed by atoms with Crippen LogP contribution >= 0.6 is 0 Å². The van der Waals surface area contributed by atoms with Crippen molar-refractivity contribution in [1.82, 2.24) is 10.6 Å². The Balaban J connectivity index is 1.12. The van der Waals surface area contributed by atoms with Crippen LogP contribution in [0.4, 0.5) is 0 Å². The summed E-state index contributed by atoms with van der Waals surface area (Å²) < 4.78 is 0. The van der Waals surface area contributed by atoms with E-state index in [0.29, 0.717) is 0 Å². The Bertz CT molecular complexity index is 2360. The van der Waals surface area contributed by atoms with Crippen molar-refractivity contribution in [3.05, 3.63) is 192 Å². The summed E-state index contributed by atoms with van der Waals surface area (Å²) >= 11 is 0. The van der Waals surface area contributed by atoms with Gasteiger partial charge in [-0.15, -0.1) is 0 Å². The second kappa shape index (κ2) is 11.7. The molecule has 2 N–H and O–H groups in total. The Morgan fingerprint density at radius 3 is 1.96 bits per heavy atom. The summed E-state index contributed by atoms with van der Waals surface area (Å²) in [7, 11) is 0. The molecule has 236 valence electrons. The van der Waals surface area contributed by atoms with Gasteiger partial charge in [0.15, 0.2) is 0 Å². The summed E-state index contributed by atoms with van der Waals surface area (Å²) in [6.45, 7) is 4.69. The van der Waals surface area contributed by atoms with Crippen LogP contribution in [-0.4, -0.2) is 5.84 Å². The topological polar surface area (TPSA) is 36.4 Å². The molecule has 0 fully saturated rings. The highest BCUT2D eigenvalue weighted by molar-refractivity contribution is 6.00. The second-order valence-electron chi connectivity index (χ2n) is 13.7. The Hall–Kier alpha value is -5.77. The van der Waals surface area contributed by atoms with Crippen LogP contribution in [0.5, 0.6) is 0 Å². The van der Waals surface area contributed by atoms with Crippen LogP contribution in [0.25, 0.3) is 44.2 Å². The molecule has 49 heavy (non-hydrogen) atoms. The number of nitrogens with zero attached hydrogens (tertiary/aromatic N) is 1. The van der Waals surface area contributed by atoms with Crippen molar-refractivity contribution in [2.24, 2.45) is 4.99 Å². The predicted octanol–water partition coefficient (Wildman–Crippen LogP) is 10.8. The lowest BCUT2D eigenvalue weighted by molar-refractivity contribution is 0.411. The number of rotatable bonds is 5. The number of nitrogens with one attached hydrogen (secondary N) is 2. The van der Waals surface area contributed by atoms with E-state index in [0.717, 1.165) is 17.0 Å². The molecule has 1 heterocycles. The van der Waals surface area contributed by atoms with Crippen LogP contribution in [0.2, 0.25) is 0 Å². The van der Waals surface area contributed by atoms with Crippen LogP contribution in [0, 0.1) is 0 Å². The normalized spacial score (nSPS) is 17.6. The van der Waals surface area contributed by atoms with E-state index in [1.807, 2.05) is 6.07 Å². The first kappa shape index (κ1) is 29.4. The smallest absolute Gasteiger partial charge is 0.131 e. The van der Waals surface area contributed by atoms with Crippen LogP contribution in [-0.2, 0) is 5.41 Å². The molecule has 0 amide bonds. The zero-order valence-corrected chi connectivity index (χ0v) is 27.7. The number of aliphatic imine (C=N–C) groups is 1. The zero-order valence-electron chi connectivity index (χ0n) is 27.7. The molecule has 7 aromatic carbocycles. The zero-order chi connectivity index (χ0) is 33.0. The fraction of sp³-hybridized carbons (Fsp3) is 0.109. The van der Waals surface area contributed by atoms with E-state index >= 15 is 0 Å². The monoisotopic (exact) mass is 631 g/mol. The van der Waals surface area contributed by atoms with Crippen LogP contribution in [0.1, 0.15) is 54.0 Å². The van der Waals surface area contributed by atoms with Gasteiger partial charge in [-0.2, -0.15) is 0 Å². The molecular formula is C46H37N3. The first-order valence-corrected chi connectivity index (χ1v) is 17.1. The number of fused-ring (bicyclic) bond motifs is 4. The molecule has 0 spiro atoms. The average molecular weight is 632 g/mol. The van der Waals surface area contributed by atoms with Gasteiger partial charge in [0.2, 0.25) is 0 Å². The lowest BCUT2D eigenvalue weighted by Gasteiger charge is -2.34. The van der Waals surface area contributed by atoms with Gasteiger partial charge in [0, 0.05) is 16.5 Å². The van der Waals surface area contributed by atoms with Crippen molar-refractivity contribution in [3.8, 4) is 33.4 Å². The molecule has 0 bridgehead atoms. The third-order valence-corrected chi connectivity index (χ3v) is 10.4. The number of hydrogen-bond acceptors (Lipinski definition) is 3. The molecule has 0 aromatic heterocycles. The van der Waals surface area contributed by atoms with Crippen molar-refractivity contribution in [2.45, 2.75) is 31.6 Å². The van der Waals surface area contributed by atoms with Crippen LogP contribution in [0.15, 0.2) is 169 Å². The molecule has 2 unspecified atom stereocenters. The second-order valence-corrected chi connectivity index (χ2v) is 13.7. The van der Waals surface area contributed by atoms with E-state index in [1.54, 1.807) is 0 Å². The molecule has 9 rings (SSSR count). The quantitative estimate of drug-likeness (QED) is 0.198. The molecular weight excluding hydrogens is 595 g/mol. The average Bonchev–Trinajstić information content (AvgIpc) is 3.40. The summed E-state index contributed by atoms with van der Waals surface area (Å²) in [6.07, 6.45) is -0.383. The van der Waals surface area contributed by atoms with E-state index < -0.39 is 0 Å². The third-order valence-electron chi connectivity index (χ3n) is 10.4. The van der Waals surface area contributed by atoms with Crippen molar-refractivity contribution in [2.75, 3.05) is 0 Å². The van der Waals surface area contributed by atoms with E-state index in [2.05, 4.69) is 182 Å². The molecule has 0 saturated carbocycles. The van der Waals surface area contributed by atoms with Gasteiger partial charge >= 0.3 is 0 Å². The van der Waals surface area contributed by atoms with Gasteiger partial charge < -0.3 is 5.32 Å². The molecule has 1 aliphatic carbocycles. The molecule has 3 nitrogen and oxygen atoms in total. The molecule has 2 aliphatic rings. The number of benzene rings is 7. The van der Waals surface area contributed by atoms with Gasteiger partial charge in [0.1, 0.15) is 18.2 Å². The lowest BCUT2D eigenvalue weighted by Crippen LogP contribution is -2.45. The predicted molar refractivity (Wildman–Crippen MR) is 204 cm³/mol. The summed E-state index contributed by atoms with van der Waals surface area (Å²) in [5.41, 5.74) is 13.7. The standard InChI is InChI=1S/C46H37N3/c1-46(2)40-20-12-11-19-38(40)39-28-26-35(29-41(39)46)30-21-23-32(24-22-30)37-27-25-31-13-9-10-18-36(31)42(37)45-48-43(33-14-5-3-6-15-33)47-44(49-45)34-16-7-4-8-17-34/h3-29,43,45,48H,1-2H3,(H,47,49). The highest BCUT2D eigenvalue weighted by atomic mass is 15.3. The van der Waals surface area contributed by atoms with E-state index in [9.17, 15) is 0 Å². The Labute approximate surface area is 288 Å². The SMILES string of the molecule is CC1(C)c2ccccc2-c2ccc(-c3ccc(-c4ccc5ccccc5c4C4NC(c5ccccc5)=NC(c5ccccc5)N4)cc3)cc21. The fourth-order valence-electron chi connectivity index (χ4n) is 7.84. The first-order valence-electron chi connectivity index (χ1n) is 17.1. The van der Waals surface area contributed by atoms with Gasteiger partial charge in [-0.1, -0.05) is 172 Å². The lowest BCUT2D eigenvalue weighted by atomic mass is 9.81. The maximum absolute atomic E-state index is 5.17. The van der Waals surface area contributed by atoms with Crippen molar-refractivity contribution in [3.63, 3.8) is 0 Å². The minimum absolute atomic E-state index is 0.0264. The minimum Gasteiger partial charge on any atom is -0.350 e. The van der Waals surface area contributed by atoms with Crippen molar-refractivity contribution >= 4 is 16.6 Å². The Morgan fingerprint density at radius 1 is 0.510 bits per heavy atom.